The zero-order valence-corrected chi connectivity index (χ0v) is 8.11. The Balaban J connectivity index is 2.64. The lowest BCUT2D eigenvalue weighted by atomic mass is 10.3. The van der Waals surface area contributed by atoms with Crippen molar-refractivity contribution < 1.29 is 4.79 Å². The summed E-state index contributed by atoms with van der Waals surface area (Å²) < 4.78 is 1.26. The summed E-state index contributed by atoms with van der Waals surface area (Å²) in [6.07, 6.45) is 4.16. The number of amides is 1. The third kappa shape index (κ3) is 1.47. The molecule has 0 aliphatic heterocycles. The first-order valence-electron chi connectivity index (χ1n) is 3.88. The largest absolute Gasteiger partial charge is 0.271 e. The van der Waals surface area contributed by atoms with Gasteiger partial charge in [-0.05, 0) is 0 Å². The van der Waals surface area contributed by atoms with Gasteiger partial charge in [0.05, 0.1) is 0 Å². The molecule has 2 rings (SSSR count). The van der Waals surface area contributed by atoms with E-state index in [1.54, 1.807) is 5.38 Å². The van der Waals surface area contributed by atoms with Crippen LogP contribution in [0.4, 0.5) is 0 Å². The van der Waals surface area contributed by atoms with Crippen LogP contribution in [0.15, 0.2) is 22.6 Å². The summed E-state index contributed by atoms with van der Waals surface area (Å²) in [5.74, 6) is -0.740. The Bertz CT molecular complexity index is 621. The molecule has 0 saturated heterocycles. The van der Waals surface area contributed by atoms with Gasteiger partial charge in [0.2, 0.25) is 0 Å². The van der Waals surface area contributed by atoms with Crippen molar-refractivity contribution in [1.82, 2.24) is 14.7 Å². The molecule has 0 aliphatic carbocycles. The van der Waals surface area contributed by atoms with Gasteiger partial charge in [-0.2, -0.15) is 5.26 Å². The van der Waals surface area contributed by atoms with E-state index in [0.29, 0.717) is 4.96 Å². The summed E-state index contributed by atoms with van der Waals surface area (Å²) in [6, 6.07) is 0. The molecule has 1 N–H and O–H groups in total. The van der Waals surface area contributed by atoms with E-state index in [1.165, 1.54) is 34.3 Å². The van der Waals surface area contributed by atoms with Crippen molar-refractivity contribution in [2.45, 2.75) is 0 Å². The number of rotatable bonds is 1. The molecule has 0 radical (unpaired) electrons. The van der Waals surface area contributed by atoms with E-state index in [2.05, 4.69) is 4.98 Å². The van der Waals surface area contributed by atoms with Gasteiger partial charge < -0.3 is 0 Å². The summed E-state index contributed by atoms with van der Waals surface area (Å²) in [7, 11) is 0. The minimum absolute atomic E-state index is 0.146. The van der Waals surface area contributed by atoms with E-state index < -0.39 is 11.5 Å². The van der Waals surface area contributed by atoms with Crippen LogP contribution >= 0.6 is 11.3 Å². The Morgan fingerprint density at radius 3 is 3.20 bits per heavy atom. The van der Waals surface area contributed by atoms with Gasteiger partial charge in [0, 0.05) is 17.8 Å². The molecule has 0 fully saturated rings. The topological polar surface area (TPSA) is 87.3 Å². The van der Waals surface area contributed by atoms with Gasteiger partial charge in [-0.15, -0.1) is 11.3 Å². The molecule has 0 atom stereocenters. The number of nitrogens with zero attached hydrogens (tertiary/aromatic N) is 3. The number of carbonyl (C=O) groups is 1. The number of aromatic nitrogens is 2. The third-order valence-corrected chi connectivity index (χ3v) is 2.53. The Morgan fingerprint density at radius 2 is 2.47 bits per heavy atom. The molecule has 0 aliphatic rings. The summed E-state index contributed by atoms with van der Waals surface area (Å²) in [5.41, 5.74) is -0.624. The molecule has 74 valence electrons. The minimum Gasteiger partial charge on any atom is -0.268 e. The van der Waals surface area contributed by atoms with Crippen LogP contribution in [0.5, 0.6) is 0 Å². The van der Waals surface area contributed by atoms with Crippen molar-refractivity contribution in [1.29, 1.82) is 5.26 Å². The normalized spacial score (nSPS) is 9.80. The molecule has 0 aromatic carbocycles. The maximum Gasteiger partial charge on any atom is 0.271 e. The average Bonchev–Trinajstić information content (AvgIpc) is 2.67. The highest BCUT2D eigenvalue weighted by atomic mass is 32.1. The molecule has 2 heterocycles. The van der Waals surface area contributed by atoms with Crippen LogP contribution in [0, 0.1) is 11.5 Å². The van der Waals surface area contributed by atoms with Crippen LogP contribution in [0.1, 0.15) is 10.4 Å². The third-order valence-electron chi connectivity index (χ3n) is 1.76. The maximum absolute atomic E-state index is 11.7. The van der Waals surface area contributed by atoms with E-state index >= 15 is 0 Å². The summed E-state index contributed by atoms with van der Waals surface area (Å²) in [6.45, 7) is 0. The SMILES string of the molecule is N#CNC(=O)c1cnc2sccn2c1=O. The predicted molar refractivity (Wildman–Crippen MR) is 52.4 cm³/mol. The van der Waals surface area contributed by atoms with Crippen molar-refractivity contribution in [3.63, 3.8) is 0 Å². The molecule has 2 aromatic rings. The Morgan fingerprint density at radius 1 is 1.67 bits per heavy atom. The number of fused-ring (bicyclic) bond motifs is 1. The fourth-order valence-corrected chi connectivity index (χ4v) is 1.77. The van der Waals surface area contributed by atoms with Gasteiger partial charge in [-0.3, -0.25) is 19.3 Å². The van der Waals surface area contributed by atoms with Crippen molar-refractivity contribution in [3.8, 4) is 6.19 Å². The number of nitrogens with one attached hydrogen (secondary N) is 1. The molecule has 0 saturated carbocycles. The fourth-order valence-electron chi connectivity index (χ4n) is 1.10. The van der Waals surface area contributed by atoms with Crippen LogP contribution in [-0.2, 0) is 0 Å². The molecule has 0 bridgehead atoms. The highest BCUT2D eigenvalue weighted by Crippen LogP contribution is 2.05. The van der Waals surface area contributed by atoms with Gasteiger partial charge in [0.25, 0.3) is 11.5 Å². The van der Waals surface area contributed by atoms with Crippen molar-refractivity contribution >= 4 is 22.2 Å². The van der Waals surface area contributed by atoms with Gasteiger partial charge in [0.15, 0.2) is 11.2 Å². The van der Waals surface area contributed by atoms with Crippen LogP contribution in [-0.4, -0.2) is 15.3 Å². The quantitative estimate of drug-likeness (QED) is 0.540. The first-order chi connectivity index (χ1) is 7.24. The Labute approximate surface area is 87.4 Å². The number of hydrogen-bond acceptors (Lipinski definition) is 5. The van der Waals surface area contributed by atoms with Crippen LogP contribution in [0.2, 0.25) is 0 Å². The zero-order chi connectivity index (χ0) is 10.8. The first kappa shape index (κ1) is 9.36. The highest BCUT2D eigenvalue weighted by Gasteiger charge is 2.12. The average molecular weight is 220 g/mol. The summed E-state index contributed by atoms with van der Waals surface area (Å²) in [5, 5.41) is 11.8. The smallest absolute Gasteiger partial charge is 0.268 e. The predicted octanol–water partition coefficient (Wildman–Crippen LogP) is -0.0331. The Hall–Kier alpha value is -2.20. The van der Waals surface area contributed by atoms with Gasteiger partial charge >= 0.3 is 0 Å². The van der Waals surface area contributed by atoms with Gasteiger partial charge in [-0.1, -0.05) is 0 Å². The van der Waals surface area contributed by atoms with Crippen molar-refractivity contribution in [3.05, 3.63) is 33.7 Å². The molecule has 15 heavy (non-hydrogen) atoms. The number of carbonyl (C=O) groups excluding carboxylic acids is 1. The lowest BCUT2D eigenvalue weighted by Crippen LogP contribution is -2.28. The highest BCUT2D eigenvalue weighted by molar-refractivity contribution is 7.15. The van der Waals surface area contributed by atoms with Crippen LogP contribution in [0.25, 0.3) is 4.96 Å². The first-order valence-corrected chi connectivity index (χ1v) is 4.76. The summed E-state index contributed by atoms with van der Waals surface area (Å²) >= 11 is 1.29. The molecule has 7 heteroatoms. The summed E-state index contributed by atoms with van der Waals surface area (Å²) in [4.78, 5) is 27.3. The second kappa shape index (κ2) is 3.51. The molecular weight excluding hydrogens is 216 g/mol. The van der Waals surface area contributed by atoms with Gasteiger partial charge in [0.1, 0.15) is 5.56 Å². The second-order valence-corrected chi connectivity index (χ2v) is 3.47. The monoisotopic (exact) mass is 220 g/mol. The maximum atomic E-state index is 11.7. The minimum atomic E-state index is -0.740. The standard InChI is InChI=1S/C8H4N4O2S/c9-4-11-6(13)5-3-10-8-12(7(5)14)1-2-15-8/h1-3H,(H,11,13). The molecule has 0 unspecified atom stereocenters. The molecule has 6 nitrogen and oxygen atoms in total. The fraction of sp³-hybridized carbons (Fsp3) is 0. The van der Waals surface area contributed by atoms with E-state index in [1.807, 2.05) is 5.32 Å². The zero-order valence-electron chi connectivity index (χ0n) is 7.30. The van der Waals surface area contributed by atoms with Crippen LogP contribution in [0.3, 0.4) is 0 Å². The number of thiazole rings is 1. The van der Waals surface area contributed by atoms with E-state index in [0.717, 1.165) is 0 Å². The molecule has 1 amide bonds. The van der Waals surface area contributed by atoms with E-state index in [9.17, 15) is 9.59 Å². The Kier molecular flexibility index (Phi) is 2.19. The second-order valence-electron chi connectivity index (χ2n) is 2.60. The van der Waals surface area contributed by atoms with E-state index in [-0.39, 0.29) is 5.56 Å². The van der Waals surface area contributed by atoms with Crippen LogP contribution < -0.4 is 10.9 Å². The van der Waals surface area contributed by atoms with Gasteiger partial charge in [-0.25, -0.2) is 4.98 Å². The van der Waals surface area contributed by atoms with E-state index in [4.69, 9.17) is 5.26 Å². The van der Waals surface area contributed by atoms with Crippen molar-refractivity contribution in [2.75, 3.05) is 0 Å². The number of nitriles is 1. The number of hydrogen-bond donors (Lipinski definition) is 1. The lowest BCUT2D eigenvalue weighted by molar-refractivity contribution is 0.0971. The molecular formula is C8H4N4O2S. The lowest BCUT2D eigenvalue weighted by Gasteiger charge is -1.96. The van der Waals surface area contributed by atoms with Crippen molar-refractivity contribution in [2.24, 2.45) is 0 Å². The molecule has 2 aromatic heterocycles. The molecule has 0 spiro atoms.